The first-order valence-electron chi connectivity index (χ1n) is 11.0. The minimum atomic E-state index is 0. The number of rotatable bonds is 11. The SMILES string of the molecule is CCNC(=NCc1ccc(Cn2ccnc2)cc1)NCCCOCC1CCOCC1.I. The van der Waals surface area contributed by atoms with Crippen molar-refractivity contribution in [3.63, 3.8) is 0 Å². The van der Waals surface area contributed by atoms with E-state index in [9.17, 15) is 0 Å². The standard InChI is InChI=1S/C23H35N5O2.HI/c1-2-25-23(26-10-3-13-30-18-22-8-14-29-15-9-22)27-16-20-4-6-21(7-5-20)17-28-12-11-24-19-28;/h4-7,11-12,19,22H,2-3,8-10,13-18H2,1H3,(H2,25,26,27);1H. The Labute approximate surface area is 203 Å². The van der Waals surface area contributed by atoms with E-state index in [0.29, 0.717) is 12.5 Å². The van der Waals surface area contributed by atoms with E-state index in [1.54, 1.807) is 6.20 Å². The summed E-state index contributed by atoms with van der Waals surface area (Å²) in [6.45, 7) is 8.66. The molecule has 2 aromatic rings. The highest BCUT2D eigenvalue weighted by atomic mass is 127. The molecule has 31 heavy (non-hydrogen) atoms. The van der Waals surface area contributed by atoms with Gasteiger partial charge in [-0.2, -0.15) is 0 Å². The van der Waals surface area contributed by atoms with Gasteiger partial charge in [-0.05, 0) is 43.2 Å². The summed E-state index contributed by atoms with van der Waals surface area (Å²) in [6, 6.07) is 8.59. The first-order valence-corrected chi connectivity index (χ1v) is 11.0. The van der Waals surface area contributed by atoms with Crippen molar-refractivity contribution in [1.29, 1.82) is 0 Å². The molecule has 2 heterocycles. The summed E-state index contributed by atoms with van der Waals surface area (Å²) < 4.78 is 13.3. The lowest BCUT2D eigenvalue weighted by atomic mass is 10.0. The monoisotopic (exact) mass is 541 g/mol. The molecule has 1 aromatic carbocycles. The van der Waals surface area contributed by atoms with Gasteiger partial charge in [-0.15, -0.1) is 24.0 Å². The second kappa shape index (κ2) is 15.2. The van der Waals surface area contributed by atoms with Crippen molar-refractivity contribution in [3.8, 4) is 0 Å². The Hall–Kier alpha value is -1.65. The van der Waals surface area contributed by atoms with Gasteiger partial charge in [0.2, 0.25) is 0 Å². The van der Waals surface area contributed by atoms with Gasteiger partial charge in [0.25, 0.3) is 0 Å². The lowest BCUT2D eigenvalue weighted by Crippen LogP contribution is -2.38. The van der Waals surface area contributed by atoms with Crippen molar-refractivity contribution >= 4 is 29.9 Å². The highest BCUT2D eigenvalue weighted by Gasteiger charge is 2.13. The largest absolute Gasteiger partial charge is 0.381 e. The van der Waals surface area contributed by atoms with Crippen LogP contribution in [-0.2, 0) is 22.6 Å². The van der Waals surface area contributed by atoms with Gasteiger partial charge >= 0.3 is 0 Å². The number of nitrogens with one attached hydrogen (secondary N) is 2. The van der Waals surface area contributed by atoms with Gasteiger partial charge in [-0.1, -0.05) is 24.3 Å². The Morgan fingerprint density at radius 2 is 1.97 bits per heavy atom. The number of hydrogen-bond acceptors (Lipinski definition) is 4. The first-order chi connectivity index (χ1) is 14.8. The molecule has 0 aliphatic carbocycles. The molecule has 0 saturated carbocycles. The van der Waals surface area contributed by atoms with Crippen LogP contribution in [0.5, 0.6) is 0 Å². The second-order valence-corrected chi connectivity index (χ2v) is 7.66. The molecule has 0 unspecified atom stereocenters. The summed E-state index contributed by atoms with van der Waals surface area (Å²) in [4.78, 5) is 8.79. The van der Waals surface area contributed by atoms with Gasteiger partial charge < -0.3 is 24.7 Å². The van der Waals surface area contributed by atoms with Gasteiger partial charge in [0.1, 0.15) is 0 Å². The van der Waals surface area contributed by atoms with E-state index in [2.05, 4.69) is 51.4 Å². The molecule has 0 amide bonds. The van der Waals surface area contributed by atoms with Gasteiger partial charge in [0.05, 0.1) is 12.9 Å². The maximum absolute atomic E-state index is 5.83. The van der Waals surface area contributed by atoms with Crippen LogP contribution in [0.3, 0.4) is 0 Å². The van der Waals surface area contributed by atoms with Crippen molar-refractivity contribution in [2.45, 2.75) is 39.3 Å². The molecule has 1 aromatic heterocycles. The summed E-state index contributed by atoms with van der Waals surface area (Å²) in [7, 11) is 0. The van der Waals surface area contributed by atoms with E-state index in [0.717, 1.165) is 71.3 Å². The molecule has 172 valence electrons. The fourth-order valence-electron chi connectivity index (χ4n) is 3.40. The topological polar surface area (TPSA) is 72.7 Å². The highest BCUT2D eigenvalue weighted by Crippen LogP contribution is 2.14. The van der Waals surface area contributed by atoms with Crippen LogP contribution in [0, 0.1) is 5.92 Å². The van der Waals surface area contributed by atoms with E-state index in [4.69, 9.17) is 14.5 Å². The van der Waals surface area contributed by atoms with Crippen LogP contribution >= 0.6 is 24.0 Å². The molecule has 1 fully saturated rings. The van der Waals surface area contributed by atoms with Gasteiger partial charge in [0, 0.05) is 58.5 Å². The molecule has 8 heteroatoms. The molecule has 7 nitrogen and oxygen atoms in total. The van der Waals surface area contributed by atoms with Crippen LogP contribution in [0.1, 0.15) is 37.3 Å². The summed E-state index contributed by atoms with van der Waals surface area (Å²) in [5, 5.41) is 6.71. The molecule has 0 atom stereocenters. The Bertz CT molecular complexity index is 731. The Morgan fingerprint density at radius 3 is 2.68 bits per heavy atom. The predicted octanol–water partition coefficient (Wildman–Crippen LogP) is 3.44. The van der Waals surface area contributed by atoms with E-state index >= 15 is 0 Å². The zero-order valence-electron chi connectivity index (χ0n) is 18.5. The van der Waals surface area contributed by atoms with Crippen LogP contribution < -0.4 is 10.6 Å². The van der Waals surface area contributed by atoms with Gasteiger partial charge in [-0.25, -0.2) is 9.98 Å². The number of guanidine groups is 1. The lowest BCUT2D eigenvalue weighted by molar-refractivity contribution is 0.0203. The van der Waals surface area contributed by atoms with Crippen LogP contribution in [0.15, 0.2) is 48.0 Å². The Balaban J connectivity index is 0.00000341. The average Bonchev–Trinajstić information content (AvgIpc) is 3.29. The molecule has 1 saturated heterocycles. The first kappa shape index (κ1) is 25.6. The number of aliphatic imine (C=N–C) groups is 1. The number of benzene rings is 1. The molecule has 0 radical (unpaired) electrons. The smallest absolute Gasteiger partial charge is 0.191 e. The van der Waals surface area contributed by atoms with Crippen molar-refractivity contribution in [2.24, 2.45) is 10.9 Å². The minimum absolute atomic E-state index is 0. The van der Waals surface area contributed by atoms with Crippen molar-refractivity contribution in [1.82, 2.24) is 20.2 Å². The Kier molecular flexibility index (Phi) is 12.6. The number of hydrogen-bond donors (Lipinski definition) is 2. The van der Waals surface area contributed by atoms with Gasteiger partial charge in [-0.3, -0.25) is 0 Å². The fourth-order valence-corrected chi connectivity index (χ4v) is 3.40. The molecule has 2 N–H and O–H groups in total. The molecule has 0 bridgehead atoms. The minimum Gasteiger partial charge on any atom is -0.381 e. The number of imidazole rings is 1. The van der Waals surface area contributed by atoms with Crippen molar-refractivity contribution < 1.29 is 9.47 Å². The molecular weight excluding hydrogens is 505 g/mol. The van der Waals surface area contributed by atoms with E-state index in [1.807, 2.05) is 12.5 Å². The van der Waals surface area contributed by atoms with Crippen LogP contribution in [-0.4, -0.2) is 55.0 Å². The summed E-state index contributed by atoms with van der Waals surface area (Å²) in [5.41, 5.74) is 2.45. The maximum atomic E-state index is 5.83. The zero-order valence-corrected chi connectivity index (χ0v) is 20.8. The maximum Gasteiger partial charge on any atom is 0.191 e. The molecule has 1 aliphatic heterocycles. The number of halogens is 1. The highest BCUT2D eigenvalue weighted by molar-refractivity contribution is 14.0. The second-order valence-electron chi connectivity index (χ2n) is 7.66. The number of nitrogens with zero attached hydrogens (tertiary/aromatic N) is 3. The van der Waals surface area contributed by atoms with Crippen molar-refractivity contribution in [2.75, 3.05) is 39.5 Å². The third-order valence-electron chi connectivity index (χ3n) is 5.16. The Morgan fingerprint density at radius 1 is 1.19 bits per heavy atom. The summed E-state index contributed by atoms with van der Waals surface area (Å²) >= 11 is 0. The third-order valence-corrected chi connectivity index (χ3v) is 5.16. The summed E-state index contributed by atoms with van der Waals surface area (Å²) in [5.74, 6) is 1.52. The average molecular weight is 541 g/mol. The van der Waals surface area contributed by atoms with Crippen LogP contribution in [0.2, 0.25) is 0 Å². The number of ether oxygens (including phenoxy) is 2. The van der Waals surface area contributed by atoms with Crippen molar-refractivity contribution in [3.05, 3.63) is 54.1 Å². The lowest BCUT2D eigenvalue weighted by Gasteiger charge is -2.21. The predicted molar refractivity (Wildman–Crippen MR) is 135 cm³/mol. The third kappa shape index (κ3) is 10.0. The van der Waals surface area contributed by atoms with Crippen LogP contribution in [0.25, 0.3) is 0 Å². The molecular formula is C23H36IN5O2. The number of aromatic nitrogens is 2. The fraction of sp³-hybridized carbons (Fsp3) is 0.565. The van der Waals surface area contributed by atoms with E-state index in [1.165, 1.54) is 11.1 Å². The zero-order chi connectivity index (χ0) is 20.9. The van der Waals surface area contributed by atoms with Crippen LogP contribution in [0.4, 0.5) is 0 Å². The molecule has 1 aliphatic rings. The summed E-state index contributed by atoms with van der Waals surface area (Å²) in [6.07, 6.45) is 8.83. The molecule has 0 spiro atoms. The molecule has 3 rings (SSSR count). The van der Waals surface area contributed by atoms with E-state index in [-0.39, 0.29) is 24.0 Å². The normalized spacial score (nSPS) is 14.8. The van der Waals surface area contributed by atoms with E-state index < -0.39 is 0 Å². The quantitative estimate of drug-likeness (QED) is 0.198. The van der Waals surface area contributed by atoms with Gasteiger partial charge in [0.15, 0.2) is 5.96 Å².